The molecule has 0 unspecified atom stereocenters. The summed E-state index contributed by atoms with van der Waals surface area (Å²) in [5.41, 5.74) is 6.18. The molecule has 0 saturated carbocycles. The standard InChI is InChI=1S/C13H17N3O3/c1-3-15-12(17)10-8-9(14)4-5-11(10)16(13(15)18)6-7-19-2/h4-5,8H,3,6-7,14H2,1-2H3. The van der Waals surface area contributed by atoms with Gasteiger partial charge in [0.05, 0.1) is 24.1 Å². The van der Waals surface area contributed by atoms with Crippen LogP contribution in [-0.4, -0.2) is 22.9 Å². The summed E-state index contributed by atoms with van der Waals surface area (Å²) in [4.78, 5) is 24.5. The summed E-state index contributed by atoms with van der Waals surface area (Å²) >= 11 is 0. The van der Waals surface area contributed by atoms with E-state index in [1.807, 2.05) is 0 Å². The molecular weight excluding hydrogens is 246 g/mol. The molecular formula is C13H17N3O3. The van der Waals surface area contributed by atoms with Gasteiger partial charge in [-0.25, -0.2) is 4.79 Å². The molecule has 1 aromatic heterocycles. The number of hydrogen-bond donors (Lipinski definition) is 1. The Morgan fingerprint density at radius 1 is 1.26 bits per heavy atom. The van der Waals surface area contributed by atoms with Crippen molar-refractivity contribution in [2.24, 2.45) is 0 Å². The van der Waals surface area contributed by atoms with Crippen molar-refractivity contribution in [3.8, 4) is 0 Å². The van der Waals surface area contributed by atoms with E-state index in [0.717, 1.165) is 0 Å². The van der Waals surface area contributed by atoms with Gasteiger partial charge in [-0.3, -0.25) is 13.9 Å². The molecule has 6 heteroatoms. The van der Waals surface area contributed by atoms with Gasteiger partial charge in [-0.15, -0.1) is 0 Å². The van der Waals surface area contributed by atoms with Crippen LogP contribution in [0.5, 0.6) is 0 Å². The number of anilines is 1. The summed E-state index contributed by atoms with van der Waals surface area (Å²) in [7, 11) is 1.57. The van der Waals surface area contributed by atoms with E-state index in [4.69, 9.17) is 10.5 Å². The molecule has 0 amide bonds. The second-order valence-electron chi connectivity index (χ2n) is 4.25. The summed E-state index contributed by atoms with van der Waals surface area (Å²) in [5.74, 6) is 0. The largest absolute Gasteiger partial charge is 0.399 e. The molecule has 0 aliphatic heterocycles. The Labute approximate surface area is 110 Å². The molecule has 1 heterocycles. The third-order valence-corrected chi connectivity index (χ3v) is 3.08. The number of fused-ring (bicyclic) bond motifs is 1. The predicted molar refractivity (Wildman–Crippen MR) is 74.4 cm³/mol. The number of rotatable bonds is 4. The molecule has 2 N–H and O–H groups in total. The van der Waals surface area contributed by atoms with E-state index in [9.17, 15) is 9.59 Å². The Kier molecular flexibility index (Phi) is 3.71. The van der Waals surface area contributed by atoms with Gasteiger partial charge in [-0.05, 0) is 25.1 Å². The van der Waals surface area contributed by atoms with Crippen LogP contribution < -0.4 is 17.0 Å². The van der Waals surface area contributed by atoms with Crippen molar-refractivity contribution in [3.05, 3.63) is 39.0 Å². The van der Waals surface area contributed by atoms with Crippen LogP contribution in [0.4, 0.5) is 5.69 Å². The molecule has 0 atom stereocenters. The van der Waals surface area contributed by atoms with Crippen LogP contribution in [0, 0.1) is 0 Å². The van der Waals surface area contributed by atoms with E-state index in [2.05, 4.69) is 0 Å². The minimum Gasteiger partial charge on any atom is -0.399 e. The first kappa shape index (κ1) is 13.4. The lowest BCUT2D eigenvalue weighted by Crippen LogP contribution is -2.40. The van der Waals surface area contributed by atoms with Gasteiger partial charge in [-0.1, -0.05) is 0 Å². The lowest BCUT2D eigenvalue weighted by Gasteiger charge is -2.13. The third kappa shape index (κ3) is 2.26. The van der Waals surface area contributed by atoms with Crippen molar-refractivity contribution < 1.29 is 4.74 Å². The van der Waals surface area contributed by atoms with Gasteiger partial charge in [0.15, 0.2) is 0 Å². The van der Waals surface area contributed by atoms with E-state index in [1.54, 1.807) is 36.8 Å². The lowest BCUT2D eigenvalue weighted by atomic mass is 10.2. The second kappa shape index (κ2) is 5.27. The van der Waals surface area contributed by atoms with Crippen LogP contribution in [0.15, 0.2) is 27.8 Å². The minimum absolute atomic E-state index is 0.302. The first-order chi connectivity index (χ1) is 9.10. The fourth-order valence-corrected chi connectivity index (χ4v) is 2.12. The fourth-order valence-electron chi connectivity index (χ4n) is 2.12. The Morgan fingerprint density at radius 2 is 2.00 bits per heavy atom. The van der Waals surface area contributed by atoms with Crippen molar-refractivity contribution >= 4 is 16.6 Å². The van der Waals surface area contributed by atoms with Gasteiger partial charge in [-0.2, -0.15) is 0 Å². The molecule has 0 saturated heterocycles. The number of nitrogens with zero attached hydrogens (tertiary/aromatic N) is 2. The van der Waals surface area contributed by atoms with Gasteiger partial charge in [0.1, 0.15) is 0 Å². The summed E-state index contributed by atoms with van der Waals surface area (Å²) in [6.07, 6.45) is 0. The summed E-state index contributed by atoms with van der Waals surface area (Å²) in [6.45, 7) is 2.90. The van der Waals surface area contributed by atoms with Crippen molar-refractivity contribution in [1.29, 1.82) is 0 Å². The molecule has 0 bridgehead atoms. The SMILES string of the molecule is CCn1c(=O)c2cc(N)ccc2n(CCOC)c1=O. The molecule has 1 aromatic carbocycles. The smallest absolute Gasteiger partial charge is 0.331 e. The lowest BCUT2D eigenvalue weighted by molar-refractivity contribution is 0.186. The normalized spacial score (nSPS) is 11.1. The van der Waals surface area contributed by atoms with Crippen LogP contribution >= 0.6 is 0 Å². The maximum Gasteiger partial charge on any atom is 0.331 e. The zero-order chi connectivity index (χ0) is 14.0. The Hall–Kier alpha value is -2.08. The highest BCUT2D eigenvalue weighted by molar-refractivity contribution is 5.81. The van der Waals surface area contributed by atoms with Crippen LogP contribution in [-0.2, 0) is 17.8 Å². The average Bonchev–Trinajstić information content (AvgIpc) is 2.40. The van der Waals surface area contributed by atoms with Gasteiger partial charge in [0.2, 0.25) is 0 Å². The molecule has 0 spiro atoms. The van der Waals surface area contributed by atoms with E-state index in [-0.39, 0.29) is 11.2 Å². The number of ether oxygens (including phenoxy) is 1. The zero-order valence-electron chi connectivity index (χ0n) is 11.0. The van der Waals surface area contributed by atoms with Crippen LogP contribution in [0.25, 0.3) is 10.9 Å². The van der Waals surface area contributed by atoms with Crippen LogP contribution in [0.2, 0.25) is 0 Å². The minimum atomic E-state index is -0.318. The topological polar surface area (TPSA) is 79.2 Å². The number of aromatic nitrogens is 2. The highest BCUT2D eigenvalue weighted by Crippen LogP contribution is 2.12. The molecule has 0 fully saturated rings. The third-order valence-electron chi connectivity index (χ3n) is 3.08. The average molecular weight is 263 g/mol. The maximum absolute atomic E-state index is 12.3. The van der Waals surface area contributed by atoms with Crippen LogP contribution in [0.1, 0.15) is 6.92 Å². The zero-order valence-corrected chi connectivity index (χ0v) is 11.0. The predicted octanol–water partition coefficient (Wildman–Crippen LogP) is 0.412. The first-order valence-corrected chi connectivity index (χ1v) is 6.12. The van der Waals surface area contributed by atoms with Gasteiger partial charge in [0.25, 0.3) is 5.56 Å². The molecule has 19 heavy (non-hydrogen) atoms. The number of benzene rings is 1. The Bertz CT molecular complexity index is 715. The fraction of sp³-hybridized carbons (Fsp3) is 0.385. The summed E-state index contributed by atoms with van der Waals surface area (Å²) in [6, 6.07) is 4.98. The highest BCUT2D eigenvalue weighted by Gasteiger charge is 2.11. The Morgan fingerprint density at radius 3 is 2.63 bits per heavy atom. The molecule has 0 radical (unpaired) electrons. The maximum atomic E-state index is 12.3. The van der Waals surface area contributed by atoms with E-state index in [0.29, 0.717) is 36.3 Å². The van der Waals surface area contributed by atoms with Crippen molar-refractivity contribution in [1.82, 2.24) is 9.13 Å². The second-order valence-corrected chi connectivity index (χ2v) is 4.25. The number of hydrogen-bond acceptors (Lipinski definition) is 4. The highest BCUT2D eigenvalue weighted by atomic mass is 16.5. The van der Waals surface area contributed by atoms with Crippen molar-refractivity contribution in [2.45, 2.75) is 20.0 Å². The molecule has 2 rings (SSSR count). The van der Waals surface area contributed by atoms with Gasteiger partial charge in [0, 0.05) is 19.3 Å². The van der Waals surface area contributed by atoms with Gasteiger partial charge >= 0.3 is 5.69 Å². The first-order valence-electron chi connectivity index (χ1n) is 6.12. The van der Waals surface area contributed by atoms with Crippen LogP contribution in [0.3, 0.4) is 0 Å². The summed E-state index contributed by atoms with van der Waals surface area (Å²) in [5, 5.41) is 0.456. The summed E-state index contributed by atoms with van der Waals surface area (Å²) < 4.78 is 7.76. The van der Waals surface area contributed by atoms with Gasteiger partial charge < -0.3 is 10.5 Å². The molecule has 0 aliphatic carbocycles. The Balaban J connectivity index is 2.85. The number of nitrogen functional groups attached to an aromatic ring is 1. The number of methoxy groups -OCH3 is 1. The molecule has 0 aliphatic rings. The molecule has 102 valence electrons. The molecule has 6 nitrogen and oxygen atoms in total. The quantitative estimate of drug-likeness (QED) is 0.810. The van der Waals surface area contributed by atoms with E-state index >= 15 is 0 Å². The number of nitrogens with two attached hydrogens (primary N) is 1. The van der Waals surface area contributed by atoms with E-state index in [1.165, 1.54) is 4.57 Å². The van der Waals surface area contributed by atoms with E-state index < -0.39 is 0 Å². The van der Waals surface area contributed by atoms with Crippen molar-refractivity contribution in [2.75, 3.05) is 19.5 Å². The monoisotopic (exact) mass is 263 g/mol. The van der Waals surface area contributed by atoms with Crippen molar-refractivity contribution in [3.63, 3.8) is 0 Å². The molecule has 2 aromatic rings.